The largest absolute Gasteiger partial charge is 0.481 e. The van der Waals surface area contributed by atoms with Gasteiger partial charge in [0.05, 0.1) is 6.26 Å². The van der Waals surface area contributed by atoms with Crippen LogP contribution < -0.4 is 0 Å². The first-order chi connectivity index (χ1) is 10.2. The van der Waals surface area contributed by atoms with Crippen LogP contribution in [0, 0.1) is 5.92 Å². The number of hydrogen-bond acceptors (Lipinski definition) is 3. The third kappa shape index (κ3) is 3.45. The SMILES string of the molecule is O=C(O)CCC1CCCN(Cc2coc3ccccc23)C1. The fraction of sp³-hybridized carbons (Fsp3) is 0.471. The highest BCUT2D eigenvalue weighted by atomic mass is 16.4. The van der Waals surface area contributed by atoms with Crippen LogP contribution in [-0.4, -0.2) is 29.1 Å². The Morgan fingerprint density at radius 2 is 2.24 bits per heavy atom. The molecule has 0 aliphatic carbocycles. The van der Waals surface area contributed by atoms with Gasteiger partial charge in [0.25, 0.3) is 0 Å². The van der Waals surface area contributed by atoms with Crippen LogP contribution in [0.1, 0.15) is 31.2 Å². The van der Waals surface area contributed by atoms with Gasteiger partial charge in [-0.25, -0.2) is 0 Å². The molecule has 1 unspecified atom stereocenters. The third-order valence-corrected chi connectivity index (χ3v) is 4.32. The van der Waals surface area contributed by atoms with Crippen molar-refractivity contribution in [2.45, 2.75) is 32.2 Å². The summed E-state index contributed by atoms with van der Waals surface area (Å²) in [6, 6.07) is 8.11. The lowest BCUT2D eigenvalue weighted by molar-refractivity contribution is -0.137. The van der Waals surface area contributed by atoms with Crippen LogP contribution in [-0.2, 0) is 11.3 Å². The Hall–Kier alpha value is -1.81. The van der Waals surface area contributed by atoms with Crippen LogP contribution in [0.25, 0.3) is 11.0 Å². The highest BCUT2D eigenvalue weighted by molar-refractivity contribution is 5.80. The molecule has 112 valence electrons. The van der Waals surface area contributed by atoms with Crippen LogP contribution in [0.15, 0.2) is 34.9 Å². The van der Waals surface area contributed by atoms with Crippen molar-refractivity contribution >= 4 is 16.9 Å². The monoisotopic (exact) mass is 287 g/mol. The van der Waals surface area contributed by atoms with Gasteiger partial charge in [-0.1, -0.05) is 18.2 Å². The molecule has 2 heterocycles. The zero-order chi connectivity index (χ0) is 14.7. The molecule has 0 spiro atoms. The maximum absolute atomic E-state index is 10.7. The summed E-state index contributed by atoms with van der Waals surface area (Å²) < 4.78 is 5.59. The molecule has 1 N–H and O–H groups in total. The fourth-order valence-corrected chi connectivity index (χ4v) is 3.25. The Labute approximate surface area is 124 Å². The zero-order valence-electron chi connectivity index (χ0n) is 12.1. The molecule has 1 aromatic carbocycles. The normalized spacial score (nSPS) is 19.9. The molecule has 4 heteroatoms. The van der Waals surface area contributed by atoms with Gasteiger partial charge >= 0.3 is 5.97 Å². The van der Waals surface area contributed by atoms with E-state index in [0.29, 0.717) is 5.92 Å². The van der Waals surface area contributed by atoms with Crippen LogP contribution in [0.4, 0.5) is 0 Å². The number of likely N-dealkylation sites (tertiary alicyclic amines) is 1. The lowest BCUT2D eigenvalue weighted by Gasteiger charge is -2.32. The summed E-state index contributed by atoms with van der Waals surface area (Å²) in [6.45, 7) is 2.97. The van der Waals surface area contributed by atoms with E-state index in [1.807, 2.05) is 24.5 Å². The Morgan fingerprint density at radius 1 is 1.38 bits per heavy atom. The van der Waals surface area contributed by atoms with E-state index in [0.717, 1.165) is 44.5 Å². The number of fused-ring (bicyclic) bond motifs is 1. The third-order valence-electron chi connectivity index (χ3n) is 4.32. The predicted octanol–water partition coefficient (Wildman–Crippen LogP) is 3.51. The van der Waals surface area contributed by atoms with Gasteiger partial charge in [-0.3, -0.25) is 9.69 Å². The van der Waals surface area contributed by atoms with Crippen molar-refractivity contribution in [3.8, 4) is 0 Å². The minimum absolute atomic E-state index is 0.285. The number of rotatable bonds is 5. The van der Waals surface area contributed by atoms with Gasteiger partial charge in [0, 0.05) is 30.5 Å². The lowest BCUT2D eigenvalue weighted by atomic mass is 9.93. The van der Waals surface area contributed by atoms with E-state index in [2.05, 4.69) is 11.0 Å². The van der Waals surface area contributed by atoms with Crippen LogP contribution in [0.5, 0.6) is 0 Å². The van der Waals surface area contributed by atoms with E-state index in [4.69, 9.17) is 9.52 Å². The van der Waals surface area contributed by atoms with E-state index in [-0.39, 0.29) is 6.42 Å². The summed E-state index contributed by atoms with van der Waals surface area (Å²) in [5, 5.41) is 10.00. The van der Waals surface area contributed by atoms with Crippen LogP contribution in [0.2, 0.25) is 0 Å². The molecule has 4 nitrogen and oxygen atoms in total. The summed E-state index contributed by atoms with van der Waals surface area (Å²) in [7, 11) is 0. The molecule has 0 radical (unpaired) electrons. The molecule has 2 aromatic rings. The van der Waals surface area contributed by atoms with Crippen molar-refractivity contribution in [2.24, 2.45) is 5.92 Å². The molecular weight excluding hydrogens is 266 g/mol. The number of benzene rings is 1. The summed E-state index contributed by atoms with van der Waals surface area (Å²) in [5.74, 6) is -0.180. The van der Waals surface area contributed by atoms with Gasteiger partial charge in [0.1, 0.15) is 5.58 Å². The number of carboxylic acid groups (broad SMARTS) is 1. The molecule has 1 aromatic heterocycles. The van der Waals surface area contributed by atoms with Gasteiger partial charge in [-0.05, 0) is 37.8 Å². The first-order valence-electron chi connectivity index (χ1n) is 7.61. The number of furan rings is 1. The standard InChI is InChI=1S/C17H21NO3/c19-17(20)8-7-13-4-3-9-18(10-13)11-14-12-21-16-6-2-1-5-15(14)16/h1-2,5-6,12-13H,3-4,7-11H2,(H,19,20). The Balaban J connectivity index is 1.63. The minimum atomic E-state index is -0.687. The number of hydrogen-bond donors (Lipinski definition) is 1. The molecule has 1 aliphatic rings. The second-order valence-corrected chi connectivity index (χ2v) is 5.93. The number of carbonyl (C=O) groups is 1. The van der Waals surface area contributed by atoms with Gasteiger partial charge < -0.3 is 9.52 Å². The van der Waals surface area contributed by atoms with Crippen molar-refractivity contribution in [2.75, 3.05) is 13.1 Å². The summed E-state index contributed by atoms with van der Waals surface area (Å²) in [4.78, 5) is 13.1. The van der Waals surface area contributed by atoms with E-state index < -0.39 is 5.97 Å². The summed E-state index contributed by atoms with van der Waals surface area (Å²) in [5.41, 5.74) is 2.16. The van der Waals surface area contributed by atoms with Crippen LogP contribution >= 0.6 is 0 Å². The number of piperidine rings is 1. The quantitative estimate of drug-likeness (QED) is 0.914. The predicted molar refractivity (Wildman–Crippen MR) is 81.1 cm³/mol. The maximum atomic E-state index is 10.7. The van der Waals surface area contributed by atoms with E-state index >= 15 is 0 Å². The topological polar surface area (TPSA) is 53.7 Å². The van der Waals surface area contributed by atoms with E-state index in [1.54, 1.807) is 0 Å². The second kappa shape index (κ2) is 6.31. The molecule has 0 saturated carbocycles. The zero-order valence-corrected chi connectivity index (χ0v) is 12.1. The van der Waals surface area contributed by atoms with E-state index in [9.17, 15) is 4.79 Å². The molecule has 3 rings (SSSR count). The Kier molecular flexibility index (Phi) is 4.25. The van der Waals surface area contributed by atoms with Crippen molar-refractivity contribution in [3.05, 3.63) is 36.1 Å². The Bertz CT molecular complexity index is 619. The molecule has 1 fully saturated rings. The number of para-hydroxylation sites is 1. The minimum Gasteiger partial charge on any atom is -0.481 e. The molecule has 0 amide bonds. The smallest absolute Gasteiger partial charge is 0.303 e. The van der Waals surface area contributed by atoms with Gasteiger partial charge in [0.15, 0.2) is 0 Å². The highest BCUT2D eigenvalue weighted by Crippen LogP contribution is 2.26. The van der Waals surface area contributed by atoms with Gasteiger partial charge in [-0.2, -0.15) is 0 Å². The fourth-order valence-electron chi connectivity index (χ4n) is 3.25. The average Bonchev–Trinajstić information content (AvgIpc) is 2.89. The van der Waals surface area contributed by atoms with Gasteiger partial charge in [0.2, 0.25) is 0 Å². The molecule has 21 heavy (non-hydrogen) atoms. The summed E-state index contributed by atoms with van der Waals surface area (Å²) in [6.07, 6.45) is 5.23. The molecule has 1 aliphatic heterocycles. The molecular formula is C17H21NO3. The van der Waals surface area contributed by atoms with Crippen molar-refractivity contribution in [3.63, 3.8) is 0 Å². The van der Waals surface area contributed by atoms with Crippen molar-refractivity contribution in [1.29, 1.82) is 0 Å². The van der Waals surface area contributed by atoms with Gasteiger partial charge in [-0.15, -0.1) is 0 Å². The van der Waals surface area contributed by atoms with E-state index in [1.165, 1.54) is 10.9 Å². The first-order valence-corrected chi connectivity index (χ1v) is 7.61. The number of carboxylic acids is 1. The number of nitrogens with zero attached hydrogens (tertiary/aromatic N) is 1. The number of aliphatic carboxylic acids is 1. The molecule has 1 saturated heterocycles. The van der Waals surface area contributed by atoms with Crippen molar-refractivity contribution < 1.29 is 14.3 Å². The highest BCUT2D eigenvalue weighted by Gasteiger charge is 2.21. The maximum Gasteiger partial charge on any atom is 0.303 e. The van der Waals surface area contributed by atoms with Crippen LogP contribution in [0.3, 0.4) is 0 Å². The first kappa shape index (κ1) is 14.1. The summed E-state index contributed by atoms with van der Waals surface area (Å²) >= 11 is 0. The second-order valence-electron chi connectivity index (χ2n) is 5.93. The lowest BCUT2D eigenvalue weighted by Crippen LogP contribution is -2.35. The molecule has 1 atom stereocenters. The molecule has 0 bridgehead atoms. The van der Waals surface area contributed by atoms with Crippen molar-refractivity contribution in [1.82, 2.24) is 4.90 Å². The Morgan fingerprint density at radius 3 is 3.10 bits per heavy atom. The average molecular weight is 287 g/mol.